The summed E-state index contributed by atoms with van der Waals surface area (Å²) in [5.74, 6) is 0.494. The highest BCUT2D eigenvalue weighted by Gasteiger charge is 2.15. The molecule has 2 amide bonds. The predicted molar refractivity (Wildman–Crippen MR) is 128 cm³/mol. The molecular weight excluding hydrogens is 422 g/mol. The van der Waals surface area contributed by atoms with E-state index in [2.05, 4.69) is 27.4 Å². The molecule has 0 unspecified atom stereocenters. The van der Waals surface area contributed by atoms with Crippen LogP contribution in [0.15, 0.2) is 60.3 Å². The lowest BCUT2D eigenvalue weighted by molar-refractivity contribution is -0.113. The molecule has 8 heteroatoms. The quantitative estimate of drug-likeness (QED) is 0.380. The molecule has 32 heavy (non-hydrogen) atoms. The Hall–Kier alpha value is -3.39. The number of aromatic nitrogens is 3. The zero-order valence-corrected chi connectivity index (χ0v) is 19.3. The maximum Gasteiger partial charge on any atom is 0.251 e. The standard InChI is InChI=1S/C24H27N5O2S/c1-5-11-29-20(14-25-23(31)19-9-7-6-8-10-19)27-28-24(29)32-15-21(30)26-22-17(3)12-16(2)13-18(22)4/h5-10,12-13H,1,11,14-15H2,2-4H3,(H,25,31)(H,26,30). The fraction of sp³-hybridized carbons (Fsp3) is 0.250. The summed E-state index contributed by atoms with van der Waals surface area (Å²) >= 11 is 1.30. The molecule has 2 N–H and O–H groups in total. The van der Waals surface area contributed by atoms with E-state index in [0.29, 0.717) is 23.1 Å². The molecule has 0 atom stereocenters. The van der Waals surface area contributed by atoms with Crippen LogP contribution in [-0.4, -0.2) is 32.3 Å². The van der Waals surface area contributed by atoms with Crippen LogP contribution in [0.4, 0.5) is 5.69 Å². The second-order valence-corrected chi connectivity index (χ2v) is 8.40. The van der Waals surface area contributed by atoms with Crippen LogP contribution < -0.4 is 10.6 Å². The molecule has 7 nitrogen and oxygen atoms in total. The Kier molecular flexibility index (Phi) is 7.83. The molecule has 3 rings (SSSR count). The van der Waals surface area contributed by atoms with Crippen molar-refractivity contribution in [1.29, 1.82) is 0 Å². The Morgan fingerprint density at radius 3 is 2.44 bits per heavy atom. The predicted octanol–water partition coefficient (Wildman–Crippen LogP) is 4.05. The summed E-state index contributed by atoms with van der Waals surface area (Å²) in [4.78, 5) is 24.9. The van der Waals surface area contributed by atoms with E-state index in [1.54, 1.807) is 18.2 Å². The summed E-state index contributed by atoms with van der Waals surface area (Å²) in [6.45, 7) is 10.5. The fourth-order valence-electron chi connectivity index (χ4n) is 3.40. The van der Waals surface area contributed by atoms with Crippen LogP contribution in [0.25, 0.3) is 0 Å². The highest BCUT2D eigenvalue weighted by molar-refractivity contribution is 7.99. The number of thioether (sulfide) groups is 1. The molecule has 0 radical (unpaired) electrons. The minimum Gasteiger partial charge on any atom is -0.345 e. The minimum absolute atomic E-state index is 0.114. The number of anilines is 1. The number of allylic oxidation sites excluding steroid dienone is 1. The number of nitrogens with one attached hydrogen (secondary N) is 2. The molecule has 0 saturated heterocycles. The van der Waals surface area contributed by atoms with E-state index in [1.165, 1.54) is 11.8 Å². The summed E-state index contributed by atoms with van der Waals surface area (Å²) in [7, 11) is 0. The molecule has 0 aliphatic rings. The largest absolute Gasteiger partial charge is 0.345 e. The Morgan fingerprint density at radius 2 is 1.78 bits per heavy atom. The number of nitrogens with zero attached hydrogens (tertiary/aromatic N) is 3. The van der Waals surface area contributed by atoms with Gasteiger partial charge in [0, 0.05) is 17.8 Å². The van der Waals surface area contributed by atoms with Crippen LogP contribution in [0, 0.1) is 20.8 Å². The maximum absolute atomic E-state index is 12.6. The highest BCUT2D eigenvalue weighted by Crippen LogP contribution is 2.23. The molecule has 0 aliphatic carbocycles. The van der Waals surface area contributed by atoms with Crippen LogP contribution >= 0.6 is 11.8 Å². The molecule has 0 aliphatic heterocycles. The number of amides is 2. The zero-order valence-electron chi connectivity index (χ0n) is 18.5. The first-order chi connectivity index (χ1) is 15.4. The first-order valence-corrected chi connectivity index (χ1v) is 11.2. The lowest BCUT2D eigenvalue weighted by Gasteiger charge is -2.13. The Morgan fingerprint density at radius 1 is 1.09 bits per heavy atom. The normalized spacial score (nSPS) is 10.6. The number of rotatable bonds is 9. The van der Waals surface area contributed by atoms with Gasteiger partial charge < -0.3 is 15.2 Å². The Balaban J connectivity index is 1.63. The minimum atomic E-state index is -0.184. The van der Waals surface area contributed by atoms with Crippen molar-refractivity contribution in [3.63, 3.8) is 0 Å². The summed E-state index contributed by atoms with van der Waals surface area (Å²) in [6.07, 6.45) is 1.73. The molecule has 1 aromatic heterocycles. The van der Waals surface area contributed by atoms with Gasteiger partial charge in [-0.25, -0.2) is 0 Å². The zero-order chi connectivity index (χ0) is 23.1. The van der Waals surface area contributed by atoms with Crippen LogP contribution in [0.2, 0.25) is 0 Å². The van der Waals surface area contributed by atoms with Crippen LogP contribution in [-0.2, 0) is 17.9 Å². The van der Waals surface area contributed by atoms with E-state index >= 15 is 0 Å². The van der Waals surface area contributed by atoms with Crippen molar-refractivity contribution in [2.75, 3.05) is 11.1 Å². The Bertz CT molecular complexity index is 1100. The maximum atomic E-state index is 12.6. The van der Waals surface area contributed by atoms with Gasteiger partial charge in [-0.15, -0.1) is 16.8 Å². The van der Waals surface area contributed by atoms with Crippen LogP contribution in [0.5, 0.6) is 0 Å². The smallest absolute Gasteiger partial charge is 0.251 e. The first kappa shape index (κ1) is 23.3. The van der Waals surface area contributed by atoms with E-state index in [4.69, 9.17) is 0 Å². The second kappa shape index (κ2) is 10.8. The lowest BCUT2D eigenvalue weighted by atomic mass is 10.1. The van der Waals surface area contributed by atoms with Gasteiger partial charge in [0.1, 0.15) is 0 Å². The third-order valence-electron chi connectivity index (χ3n) is 4.82. The van der Waals surface area contributed by atoms with Crippen molar-refractivity contribution in [3.05, 3.63) is 83.2 Å². The van der Waals surface area contributed by atoms with E-state index in [1.807, 2.05) is 55.7 Å². The van der Waals surface area contributed by atoms with Gasteiger partial charge in [-0.3, -0.25) is 9.59 Å². The molecular formula is C24H27N5O2S. The molecule has 3 aromatic rings. The SMILES string of the molecule is C=CCn1c(CNC(=O)c2ccccc2)nnc1SCC(=O)Nc1c(C)cc(C)cc1C. The van der Waals surface area contributed by atoms with Gasteiger partial charge in [0.05, 0.1) is 12.3 Å². The molecule has 0 spiro atoms. The van der Waals surface area contributed by atoms with Crippen LogP contribution in [0.1, 0.15) is 32.9 Å². The number of benzene rings is 2. The van der Waals surface area contributed by atoms with E-state index in [0.717, 1.165) is 22.4 Å². The van der Waals surface area contributed by atoms with Crippen molar-refractivity contribution in [3.8, 4) is 0 Å². The summed E-state index contributed by atoms with van der Waals surface area (Å²) < 4.78 is 1.85. The van der Waals surface area contributed by atoms with E-state index in [9.17, 15) is 9.59 Å². The van der Waals surface area contributed by atoms with Gasteiger partial charge in [-0.2, -0.15) is 0 Å². The van der Waals surface area contributed by atoms with Crippen molar-refractivity contribution in [1.82, 2.24) is 20.1 Å². The average Bonchev–Trinajstić information content (AvgIpc) is 3.15. The second-order valence-electron chi connectivity index (χ2n) is 7.46. The average molecular weight is 450 g/mol. The summed E-state index contributed by atoms with van der Waals surface area (Å²) in [5, 5.41) is 14.9. The van der Waals surface area contributed by atoms with Crippen molar-refractivity contribution >= 4 is 29.3 Å². The van der Waals surface area contributed by atoms with E-state index in [-0.39, 0.29) is 24.1 Å². The van der Waals surface area contributed by atoms with Crippen LogP contribution in [0.3, 0.4) is 0 Å². The summed E-state index contributed by atoms with van der Waals surface area (Å²) in [6, 6.07) is 13.1. The van der Waals surface area contributed by atoms with Gasteiger partial charge in [-0.05, 0) is 44.0 Å². The molecule has 166 valence electrons. The first-order valence-electron chi connectivity index (χ1n) is 10.3. The van der Waals surface area contributed by atoms with Crippen molar-refractivity contribution < 1.29 is 9.59 Å². The Labute approximate surface area is 192 Å². The number of carbonyl (C=O) groups excluding carboxylic acids is 2. The summed E-state index contributed by atoms with van der Waals surface area (Å²) in [5.41, 5.74) is 4.66. The van der Waals surface area contributed by atoms with Crippen molar-refractivity contribution in [2.24, 2.45) is 0 Å². The van der Waals surface area contributed by atoms with Gasteiger partial charge >= 0.3 is 0 Å². The van der Waals surface area contributed by atoms with Gasteiger partial charge in [0.25, 0.3) is 5.91 Å². The van der Waals surface area contributed by atoms with Gasteiger partial charge in [0.2, 0.25) is 5.91 Å². The molecule has 2 aromatic carbocycles. The topological polar surface area (TPSA) is 88.9 Å². The van der Waals surface area contributed by atoms with Gasteiger partial charge in [-0.1, -0.05) is 53.7 Å². The monoisotopic (exact) mass is 449 g/mol. The number of aryl methyl sites for hydroxylation is 3. The third kappa shape index (κ3) is 5.85. The van der Waals surface area contributed by atoms with Gasteiger partial charge in [0.15, 0.2) is 11.0 Å². The van der Waals surface area contributed by atoms with Crippen molar-refractivity contribution in [2.45, 2.75) is 39.0 Å². The number of hydrogen-bond donors (Lipinski definition) is 2. The molecule has 1 heterocycles. The molecule has 0 fully saturated rings. The molecule has 0 bridgehead atoms. The lowest BCUT2D eigenvalue weighted by Crippen LogP contribution is -2.24. The third-order valence-corrected chi connectivity index (χ3v) is 5.79. The fourth-order valence-corrected chi connectivity index (χ4v) is 4.17. The highest BCUT2D eigenvalue weighted by atomic mass is 32.2. The van der Waals surface area contributed by atoms with E-state index < -0.39 is 0 Å². The number of carbonyl (C=O) groups is 2. The molecule has 0 saturated carbocycles. The number of hydrogen-bond acceptors (Lipinski definition) is 5.